The van der Waals surface area contributed by atoms with E-state index >= 15 is 0 Å². The largest absolute Gasteiger partial charge is 0.490 e. The van der Waals surface area contributed by atoms with Gasteiger partial charge in [0.1, 0.15) is 25.1 Å². The van der Waals surface area contributed by atoms with Crippen LogP contribution in [0.4, 0.5) is 0 Å². The molecule has 2 rings (SSSR count). The average Bonchev–Trinajstić information content (AvgIpc) is 2.99. The molecule has 0 aliphatic heterocycles. The zero-order valence-corrected chi connectivity index (χ0v) is 24.9. The Labute approximate surface area is 243 Å². The zero-order chi connectivity index (χ0) is 28.5. The predicted molar refractivity (Wildman–Crippen MR) is 164 cm³/mol. The third-order valence-corrected chi connectivity index (χ3v) is 7.62. The molecular weight excluding hydrogens is 500 g/mol. The monoisotopic (exact) mass is 554 g/mol. The van der Waals surface area contributed by atoms with Crippen molar-refractivity contribution in [2.75, 3.05) is 13.2 Å². The molecule has 2 aromatic rings. The fourth-order valence-electron chi connectivity index (χ4n) is 5.22. The molecular formula is C35H54O5. The molecule has 224 valence electrons. The summed E-state index contributed by atoms with van der Waals surface area (Å²) >= 11 is 0. The van der Waals surface area contributed by atoms with E-state index in [0.29, 0.717) is 12.8 Å². The molecule has 0 aromatic heterocycles. The van der Waals surface area contributed by atoms with Crippen LogP contribution in [0.25, 0.3) is 0 Å². The molecule has 1 N–H and O–H groups in total. The highest BCUT2D eigenvalue weighted by Crippen LogP contribution is 2.23. The number of carbonyl (C=O) groups excluding carboxylic acids is 1. The number of esters is 1. The second-order valence-corrected chi connectivity index (χ2v) is 11.0. The maximum Gasteiger partial charge on any atom is 0.311 e. The number of hydrogen-bond donors (Lipinski definition) is 1. The summed E-state index contributed by atoms with van der Waals surface area (Å²) in [6.07, 6.45) is 19.9. The Bertz CT molecular complexity index is 841. The lowest BCUT2D eigenvalue weighted by atomic mass is 9.91. The van der Waals surface area contributed by atoms with Gasteiger partial charge in [0.15, 0.2) is 0 Å². The summed E-state index contributed by atoms with van der Waals surface area (Å²) in [6, 6.07) is 19.3. The van der Waals surface area contributed by atoms with Gasteiger partial charge in [0.05, 0.1) is 5.92 Å². The SMILES string of the molecule is CCCCCCCCCCCCCCCCCC(C(=O)OCCOc1ccccc1)C(Cc1ccccc1)OO. The number of rotatable bonds is 25. The van der Waals surface area contributed by atoms with Gasteiger partial charge in [-0.25, -0.2) is 4.89 Å². The minimum Gasteiger partial charge on any atom is -0.490 e. The summed E-state index contributed by atoms with van der Waals surface area (Å²) < 4.78 is 11.2. The van der Waals surface area contributed by atoms with Crippen LogP contribution in [0.15, 0.2) is 60.7 Å². The fraction of sp³-hybridized carbons (Fsp3) is 0.629. The van der Waals surface area contributed by atoms with Crippen molar-refractivity contribution in [1.82, 2.24) is 0 Å². The van der Waals surface area contributed by atoms with Crippen LogP contribution in [0.5, 0.6) is 5.75 Å². The molecule has 0 spiro atoms. The van der Waals surface area contributed by atoms with Gasteiger partial charge in [-0.15, -0.1) is 0 Å². The molecule has 40 heavy (non-hydrogen) atoms. The third-order valence-electron chi connectivity index (χ3n) is 7.62. The lowest BCUT2D eigenvalue weighted by Crippen LogP contribution is -2.34. The van der Waals surface area contributed by atoms with Gasteiger partial charge in [0, 0.05) is 6.42 Å². The second-order valence-electron chi connectivity index (χ2n) is 11.0. The first-order valence-electron chi connectivity index (χ1n) is 15.9. The molecule has 0 bridgehead atoms. The zero-order valence-electron chi connectivity index (χ0n) is 24.9. The third kappa shape index (κ3) is 16.0. The smallest absolute Gasteiger partial charge is 0.311 e. The molecule has 5 nitrogen and oxygen atoms in total. The van der Waals surface area contributed by atoms with Crippen molar-refractivity contribution in [2.24, 2.45) is 5.92 Å². The summed E-state index contributed by atoms with van der Waals surface area (Å²) in [5.41, 5.74) is 1.02. The Morgan fingerprint density at radius 2 is 1.18 bits per heavy atom. The summed E-state index contributed by atoms with van der Waals surface area (Å²) in [5, 5.41) is 9.72. The fourth-order valence-corrected chi connectivity index (χ4v) is 5.22. The molecule has 0 fully saturated rings. The lowest BCUT2D eigenvalue weighted by Gasteiger charge is -2.23. The van der Waals surface area contributed by atoms with Gasteiger partial charge in [-0.3, -0.25) is 10.1 Å². The standard InChI is InChI=1S/C35H54O5/c1-2-3-4-5-6-7-8-9-10-11-12-13-14-15-22-27-33(34(40-37)30-31-23-18-16-19-24-31)35(36)39-29-28-38-32-25-20-17-21-26-32/h16-21,23-26,33-34,37H,2-15,22,27-30H2,1H3. The van der Waals surface area contributed by atoms with E-state index < -0.39 is 12.0 Å². The van der Waals surface area contributed by atoms with Crippen LogP contribution in [0.2, 0.25) is 0 Å². The van der Waals surface area contributed by atoms with Crippen LogP contribution in [0, 0.1) is 5.92 Å². The molecule has 2 atom stereocenters. The number of carbonyl (C=O) groups is 1. The molecule has 0 heterocycles. The summed E-state index contributed by atoms with van der Waals surface area (Å²) in [5.74, 6) is -0.116. The first kappa shape index (κ1) is 33.8. The molecule has 0 aliphatic rings. The van der Waals surface area contributed by atoms with E-state index in [1.165, 1.54) is 83.5 Å². The Hall–Kier alpha value is -2.37. The van der Waals surface area contributed by atoms with Crippen molar-refractivity contribution in [2.45, 2.75) is 122 Å². The number of hydrogen-bond acceptors (Lipinski definition) is 5. The quantitative estimate of drug-likeness (QED) is 0.0573. The van der Waals surface area contributed by atoms with E-state index in [1.807, 2.05) is 60.7 Å². The van der Waals surface area contributed by atoms with Crippen molar-refractivity contribution < 1.29 is 24.4 Å². The van der Waals surface area contributed by atoms with Crippen LogP contribution < -0.4 is 4.74 Å². The summed E-state index contributed by atoms with van der Waals surface area (Å²) in [4.78, 5) is 17.9. The van der Waals surface area contributed by atoms with Gasteiger partial charge < -0.3 is 9.47 Å². The summed E-state index contributed by atoms with van der Waals surface area (Å²) in [6.45, 7) is 2.71. The maximum absolute atomic E-state index is 13.1. The van der Waals surface area contributed by atoms with Gasteiger partial charge in [-0.05, 0) is 24.1 Å². The molecule has 5 heteroatoms. The number of benzene rings is 2. The van der Waals surface area contributed by atoms with E-state index in [9.17, 15) is 10.1 Å². The molecule has 0 amide bonds. The molecule has 2 unspecified atom stereocenters. The average molecular weight is 555 g/mol. The molecule has 0 saturated carbocycles. The van der Waals surface area contributed by atoms with Crippen LogP contribution in [0.3, 0.4) is 0 Å². The Kier molecular flexibility index (Phi) is 19.7. The van der Waals surface area contributed by atoms with Crippen molar-refractivity contribution >= 4 is 5.97 Å². The normalized spacial score (nSPS) is 12.7. The van der Waals surface area contributed by atoms with E-state index in [-0.39, 0.29) is 19.2 Å². The Balaban J connectivity index is 1.65. The maximum atomic E-state index is 13.1. The van der Waals surface area contributed by atoms with Crippen LogP contribution >= 0.6 is 0 Å². The van der Waals surface area contributed by atoms with Crippen LogP contribution in [0.1, 0.15) is 115 Å². The topological polar surface area (TPSA) is 65.0 Å². The summed E-state index contributed by atoms with van der Waals surface area (Å²) in [7, 11) is 0. The second kappa shape index (κ2) is 23.3. The lowest BCUT2D eigenvalue weighted by molar-refractivity contribution is -0.290. The number of para-hydroxylation sites is 1. The molecule has 0 saturated heterocycles. The van der Waals surface area contributed by atoms with Crippen LogP contribution in [-0.4, -0.2) is 30.5 Å². The minimum absolute atomic E-state index is 0.159. The van der Waals surface area contributed by atoms with Gasteiger partial charge in [0.2, 0.25) is 0 Å². The Morgan fingerprint density at radius 1 is 0.675 bits per heavy atom. The van der Waals surface area contributed by atoms with Gasteiger partial charge in [0.25, 0.3) is 0 Å². The van der Waals surface area contributed by atoms with E-state index in [2.05, 4.69) is 6.92 Å². The Morgan fingerprint density at radius 3 is 1.70 bits per heavy atom. The van der Waals surface area contributed by atoms with Gasteiger partial charge in [-0.1, -0.05) is 152 Å². The predicted octanol–water partition coefficient (Wildman–Crippen LogP) is 9.59. The van der Waals surface area contributed by atoms with Gasteiger partial charge in [-0.2, -0.15) is 0 Å². The van der Waals surface area contributed by atoms with Crippen molar-refractivity contribution in [1.29, 1.82) is 0 Å². The van der Waals surface area contributed by atoms with Crippen LogP contribution in [-0.2, 0) is 20.8 Å². The highest BCUT2D eigenvalue weighted by atomic mass is 17.1. The minimum atomic E-state index is -0.642. The highest BCUT2D eigenvalue weighted by Gasteiger charge is 2.31. The van der Waals surface area contributed by atoms with Crippen molar-refractivity contribution in [3.05, 3.63) is 66.2 Å². The highest BCUT2D eigenvalue weighted by molar-refractivity contribution is 5.73. The molecule has 2 aromatic carbocycles. The number of ether oxygens (including phenoxy) is 2. The van der Waals surface area contributed by atoms with Crippen molar-refractivity contribution in [3.8, 4) is 5.75 Å². The van der Waals surface area contributed by atoms with Crippen molar-refractivity contribution in [3.63, 3.8) is 0 Å². The molecule has 0 aliphatic carbocycles. The van der Waals surface area contributed by atoms with E-state index in [0.717, 1.165) is 24.2 Å². The van der Waals surface area contributed by atoms with E-state index in [4.69, 9.17) is 14.4 Å². The number of unbranched alkanes of at least 4 members (excludes halogenated alkanes) is 14. The first-order chi connectivity index (χ1) is 19.7. The van der Waals surface area contributed by atoms with E-state index in [1.54, 1.807) is 0 Å². The first-order valence-corrected chi connectivity index (χ1v) is 15.9. The molecule has 0 radical (unpaired) electrons. The van der Waals surface area contributed by atoms with Gasteiger partial charge >= 0.3 is 5.97 Å².